The summed E-state index contributed by atoms with van der Waals surface area (Å²) < 4.78 is 5.38. The van der Waals surface area contributed by atoms with Gasteiger partial charge < -0.3 is 15.0 Å². The number of hydrogen-bond acceptors (Lipinski definition) is 5. The van der Waals surface area contributed by atoms with Gasteiger partial charge in [-0.25, -0.2) is 4.79 Å². The second-order valence-corrected chi connectivity index (χ2v) is 7.86. The molecule has 0 aliphatic carbocycles. The van der Waals surface area contributed by atoms with Crippen LogP contribution in [0.4, 0.5) is 10.5 Å². The van der Waals surface area contributed by atoms with Gasteiger partial charge in [0.25, 0.3) is 5.91 Å². The van der Waals surface area contributed by atoms with E-state index in [0.717, 1.165) is 39.0 Å². The van der Waals surface area contributed by atoms with Crippen LogP contribution in [0, 0.1) is 5.41 Å². The van der Waals surface area contributed by atoms with E-state index < -0.39 is 6.03 Å². The molecule has 0 radical (unpaired) electrons. The number of hydrogen-bond donors (Lipinski definition) is 2. The van der Waals surface area contributed by atoms with E-state index in [1.807, 2.05) is 4.90 Å². The molecule has 4 rings (SSSR count). The van der Waals surface area contributed by atoms with Gasteiger partial charge in [0.2, 0.25) is 5.91 Å². The number of nitrogens with zero attached hydrogens (tertiary/aromatic N) is 2. The molecule has 0 unspecified atom stereocenters. The Morgan fingerprint density at radius 2 is 1.93 bits per heavy atom. The second-order valence-electron chi connectivity index (χ2n) is 7.86. The molecule has 3 heterocycles. The fourth-order valence-electron chi connectivity index (χ4n) is 4.42. The van der Waals surface area contributed by atoms with Crippen LogP contribution in [0.15, 0.2) is 18.2 Å². The Morgan fingerprint density at radius 1 is 1.14 bits per heavy atom. The van der Waals surface area contributed by atoms with Crippen LogP contribution in [0.2, 0.25) is 0 Å². The van der Waals surface area contributed by atoms with E-state index in [-0.39, 0.29) is 24.8 Å². The van der Waals surface area contributed by atoms with Crippen molar-refractivity contribution in [2.75, 3.05) is 44.7 Å². The van der Waals surface area contributed by atoms with Gasteiger partial charge in [-0.15, -0.1) is 0 Å². The van der Waals surface area contributed by atoms with Gasteiger partial charge in [0.15, 0.2) is 0 Å². The third-order valence-electron chi connectivity index (χ3n) is 6.21. The highest BCUT2D eigenvalue weighted by atomic mass is 16.5. The number of amides is 4. The fraction of sp³-hybridized carbons (Fsp3) is 0.550. The van der Waals surface area contributed by atoms with Crippen molar-refractivity contribution in [1.29, 1.82) is 0 Å². The number of anilines is 1. The van der Waals surface area contributed by atoms with Crippen molar-refractivity contribution in [3.05, 3.63) is 23.8 Å². The summed E-state index contributed by atoms with van der Waals surface area (Å²) in [6, 6.07) is 4.64. The third-order valence-corrected chi connectivity index (χ3v) is 6.21. The van der Waals surface area contributed by atoms with Crippen molar-refractivity contribution in [2.45, 2.75) is 25.7 Å². The number of rotatable bonds is 3. The number of nitrogens with one attached hydrogen (secondary N) is 2. The summed E-state index contributed by atoms with van der Waals surface area (Å²) in [4.78, 5) is 40.1. The summed E-state index contributed by atoms with van der Waals surface area (Å²) in [5.74, 6) is 0.171. The summed E-state index contributed by atoms with van der Waals surface area (Å²) in [6.07, 6.45) is 3.44. The number of carbonyl (C=O) groups is 3. The first-order valence-electron chi connectivity index (χ1n) is 9.81. The molecule has 0 aromatic heterocycles. The Bertz CT molecular complexity index is 793. The summed E-state index contributed by atoms with van der Waals surface area (Å²) in [5.41, 5.74) is 1.38. The first kappa shape index (κ1) is 18.7. The Balaban J connectivity index is 1.52. The second kappa shape index (κ2) is 7.43. The van der Waals surface area contributed by atoms with Gasteiger partial charge in [-0.05, 0) is 49.4 Å². The molecule has 0 bridgehead atoms. The molecular weight excluding hydrogens is 360 g/mol. The quantitative estimate of drug-likeness (QED) is 0.819. The maximum atomic E-state index is 13.1. The van der Waals surface area contributed by atoms with E-state index in [4.69, 9.17) is 4.74 Å². The SMILES string of the molecule is COc1ccc(C(=O)N2CCC3(CCNC3)CC2)cc1N1CCC(=O)NC1=O. The maximum Gasteiger partial charge on any atom is 0.328 e. The van der Waals surface area contributed by atoms with E-state index in [0.29, 0.717) is 22.4 Å². The average molecular weight is 386 g/mol. The highest BCUT2D eigenvalue weighted by Crippen LogP contribution is 2.38. The van der Waals surface area contributed by atoms with Crippen LogP contribution in [0.25, 0.3) is 0 Å². The molecule has 1 spiro atoms. The predicted octanol–water partition coefficient (Wildman–Crippen LogP) is 1.36. The van der Waals surface area contributed by atoms with Gasteiger partial charge in [-0.1, -0.05) is 0 Å². The molecule has 1 aromatic rings. The van der Waals surface area contributed by atoms with Crippen LogP contribution in [-0.4, -0.2) is 62.6 Å². The van der Waals surface area contributed by atoms with Crippen LogP contribution >= 0.6 is 0 Å². The molecule has 28 heavy (non-hydrogen) atoms. The maximum absolute atomic E-state index is 13.1. The molecule has 3 fully saturated rings. The third kappa shape index (κ3) is 3.44. The van der Waals surface area contributed by atoms with Crippen molar-refractivity contribution in [2.24, 2.45) is 5.41 Å². The molecule has 3 aliphatic rings. The smallest absolute Gasteiger partial charge is 0.328 e. The molecule has 8 nitrogen and oxygen atoms in total. The molecule has 3 saturated heterocycles. The van der Waals surface area contributed by atoms with E-state index in [2.05, 4.69) is 10.6 Å². The predicted molar refractivity (Wildman–Crippen MR) is 104 cm³/mol. The lowest BCUT2D eigenvalue weighted by Gasteiger charge is -2.39. The van der Waals surface area contributed by atoms with Crippen molar-refractivity contribution in [1.82, 2.24) is 15.5 Å². The van der Waals surface area contributed by atoms with Gasteiger partial charge in [-0.3, -0.25) is 19.8 Å². The van der Waals surface area contributed by atoms with Crippen LogP contribution in [0.3, 0.4) is 0 Å². The van der Waals surface area contributed by atoms with Gasteiger partial charge in [-0.2, -0.15) is 0 Å². The molecule has 150 valence electrons. The highest BCUT2D eigenvalue weighted by Gasteiger charge is 2.38. The Kier molecular flexibility index (Phi) is 4.97. The van der Waals surface area contributed by atoms with Gasteiger partial charge >= 0.3 is 6.03 Å². The number of piperidine rings is 1. The van der Waals surface area contributed by atoms with Crippen LogP contribution < -0.4 is 20.3 Å². The Hall–Kier alpha value is -2.61. The average Bonchev–Trinajstić information content (AvgIpc) is 3.15. The molecule has 8 heteroatoms. The van der Waals surface area contributed by atoms with Crippen molar-refractivity contribution >= 4 is 23.5 Å². The molecule has 1 aromatic carbocycles. The van der Waals surface area contributed by atoms with E-state index >= 15 is 0 Å². The number of urea groups is 1. The van der Waals surface area contributed by atoms with E-state index in [1.165, 1.54) is 18.4 Å². The minimum atomic E-state index is -0.493. The molecular formula is C20H26N4O4. The lowest BCUT2D eigenvalue weighted by Crippen LogP contribution is -2.49. The number of methoxy groups -OCH3 is 1. The zero-order chi connectivity index (χ0) is 19.7. The largest absolute Gasteiger partial charge is 0.495 e. The number of benzene rings is 1. The van der Waals surface area contributed by atoms with E-state index in [9.17, 15) is 14.4 Å². The molecule has 0 atom stereocenters. The minimum absolute atomic E-state index is 0.0294. The lowest BCUT2D eigenvalue weighted by atomic mass is 9.78. The molecule has 2 N–H and O–H groups in total. The number of imide groups is 1. The Morgan fingerprint density at radius 3 is 2.57 bits per heavy atom. The van der Waals surface area contributed by atoms with Gasteiger partial charge in [0.1, 0.15) is 5.75 Å². The minimum Gasteiger partial charge on any atom is -0.495 e. The van der Waals surface area contributed by atoms with Gasteiger partial charge in [0.05, 0.1) is 12.8 Å². The summed E-state index contributed by atoms with van der Waals surface area (Å²) in [5, 5.41) is 5.75. The monoisotopic (exact) mass is 386 g/mol. The normalized spacial score (nSPS) is 21.8. The van der Waals surface area contributed by atoms with Crippen LogP contribution in [0.1, 0.15) is 36.0 Å². The van der Waals surface area contributed by atoms with Crippen molar-refractivity contribution in [3.63, 3.8) is 0 Å². The summed E-state index contributed by atoms with van der Waals surface area (Å²) in [6.45, 7) is 3.87. The topological polar surface area (TPSA) is 91.0 Å². The number of likely N-dealkylation sites (tertiary alicyclic amines) is 1. The number of ether oxygens (including phenoxy) is 1. The molecule has 3 aliphatic heterocycles. The van der Waals surface area contributed by atoms with Crippen LogP contribution in [0.5, 0.6) is 5.75 Å². The number of carbonyl (C=O) groups excluding carboxylic acids is 3. The first-order chi connectivity index (χ1) is 13.5. The van der Waals surface area contributed by atoms with Gasteiger partial charge in [0, 0.05) is 38.2 Å². The standard InChI is InChI=1S/C20H26N4O4/c1-28-16-3-2-14(12-15(16)24-9-4-17(25)22-19(24)27)18(26)23-10-6-20(7-11-23)5-8-21-13-20/h2-3,12,21H,4-11,13H2,1H3,(H,22,25,27). The zero-order valence-electron chi connectivity index (χ0n) is 16.1. The first-order valence-corrected chi connectivity index (χ1v) is 9.81. The van der Waals surface area contributed by atoms with E-state index in [1.54, 1.807) is 18.2 Å². The highest BCUT2D eigenvalue weighted by molar-refractivity contribution is 6.07. The fourth-order valence-corrected chi connectivity index (χ4v) is 4.42. The molecule has 0 saturated carbocycles. The van der Waals surface area contributed by atoms with Crippen LogP contribution in [-0.2, 0) is 4.79 Å². The zero-order valence-corrected chi connectivity index (χ0v) is 16.1. The van der Waals surface area contributed by atoms with Crippen molar-refractivity contribution in [3.8, 4) is 5.75 Å². The Labute approximate surface area is 164 Å². The van der Waals surface area contributed by atoms with Crippen molar-refractivity contribution < 1.29 is 19.1 Å². The summed E-state index contributed by atoms with van der Waals surface area (Å²) in [7, 11) is 1.52. The summed E-state index contributed by atoms with van der Waals surface area (Å²) >= 11 is 0. The lowest BCUT2D eigenvalue weighted by molar-refractivity contribution is -0.120. The molecule has 4 amide bonds.